The van der Waals surface area contributed by atoms with Gasteiger partial charge in [-0.3, -0.25) is 0 Å². The molecule has 0 aliphatic carbocycles. The molecule has 1 heterocycles. The molecule has 0 saturated heterocycles. The molecule has 0 fully saturated rings. The van der Waals surface area contributed by atoms with E-state index in [1.54, 1.807) is 0 Å². The molecule has 0 unspecified atom stereocenters. The van der Waals surface area contributed by atoms with E-state index in [2.05, 4.69) is 37.0 Å². The summed E-state index contributed by atoms with van der Waals surface area (Å²) in [5.41, 5.74) is 4.63. The minimum Gasteiger partial charge on any atom is -0.381 e. The van der Waals surface area contributed by atoms with Crippen LogP contribution in [0.4, 0.5) is 19.0 Å². The molecule has 1 aromatic carbocycles. The van der Waals surface area contributed by atoms with Crippen molar-refractivity contribution in [2.75, 3.05) is 5.73 Å². The van der Waals surface area contributed by atoms with Gasteiger partial charge in [0.05, 0.1) is 15.7 Å². The molecule has 1 aromatic heterocycles. The van der Waals surface area contributed by atoms with Gasteiger partial charge in [0.15, 0.2) is 5.82 Å². The second kappa shape index (κ2) is 4.58. The summed E-state index contributed by atoms with van der Waals surface area (Å²) >= 11 is 6.12. The van der Waals surface area contributed by atoms with Gasteiger partial charge in [-0.05, 0) is 34.1 Å². The number of hydrogen-bond acceptors (Lipinski definition) is 2. The summed E-state index contributed by atoms with van der Waals surface area (Å²) in [5, 5.41) is 3.82. The van der Waals surface area contributed by atoms with Gasteiger partial charge < -0.3 is 5.73 Å². The van der Waals surface area contributed by atoms with Gasteiger partial charge in [-0.15, -0.1) is 5.10 Å². The largest absolute Gasteiger partial charge is 0.418 e. The predicted octanol–water partition coefficient (Wildman–Crippen LogP) is 4.00. The zero-order chi connectivity index (χ0) is 13.5. The molecule has 0 radical (unpaired) electrons. The van der Waals surface area contributed by atoms with E-state index in [0.717, 1.165) is 10.7 Å². The lowest BCUT2D eigenvalue weighted by Crippen LogP contribution is -2.11. The second-order valence-corrected chi connectivity index (χ2v) is 5.24. The quantitative estimate of drug-likeness (QED) is 0.807. The summed E-state index contributed by atoms with van der Waals surface area (Å²) in [7, 11) is 0. The number of nitrogens with two attached hydrogens (primary N) is 1. The molecule has 0 saturated carbocycles. The van der Waals surface area contributed by atoms with E-state index in [1.165, 1.54) is 18.3 Å². The maximum absolute atomic E-state index is 12.9. The lowest BCUT2D eigenvalue weighted by Gasteiger charge is -2.13. The Kier molecular flexibility index (Phi) is 3.41. The van der Waals surface area contributed by atoms with Crippen LogP contribution in [-0.4, -0.2) is 9.78 Å². The van der Waals surface area contributed by atoms with Crippen molar-refractivity contribution >= 4 is 37.7 Å². The Labute approximate surface area is 117 Å². The van der Waals surface area contributed by atoms with Crippen LogP contribution in [0.3, 0.4) is 0 Å². The molecule has 0 aliphatic heterocycles. The highest BCUT2D eigenvalue weighted by Crippen LogP contribution is 2.36. The molecule has 2 aromatic rings. The highest BCUT2D eigenvalue weighted by molar-refractivity contribution is 9.10. The van der Waals surface area contributed by atoms with Gasteiger partial charge in [0.25, 0.3) is 0 Å². The van der Waals surface area contributed by atoms with Crippen LogP contribution in [0.2, 0.25) is 0 Å². The molecule has 0 aliphatic rings. The fourth-order valence-corrected chi connectivity index (χ4v) is 2.06. The average molecular weight is 385 g/mol. The number of alkyl halides is 3. The van der Waals surface area contributed by atoms with Gasteiger partial charge in [-0.2, -0.15) is 13.2 Å². The van der Waals surface area contributed by atoms with Crippen molar-refractivity contribution in [2.24, 2.45) is 0 Å². The molecule has 0 atom stereocenters. The minimum absolute atomic E-state index is 0.0805. The zero-order valence-corrected chi connectivity index (χ0v) is 11.8. The number of hydrogen-bond donors (Lipinski definition) is 1. The topological polar surface area (TPSA) is 43.8 Å². The van der Waals surface area contributed by atoms with E-state index in [-0.39, 0.29) is 11.5 Å². The number of nitrogens with zero attached hydrogens (tertiary/aromatic N) is 2. The van der Waals surface area contributed by atoms with Gasteiger partial charge in [0, 0.05) is 10.7 Å². The van der Waals surface area contributed by atoms with Crippen LogP contribution >= 0.6 is 31.9 Å². The van der Waals surface area contributed by atoms with Gasteiger partial charge in [0.2, 0.25) is 0 Å². The van der Waals surface area contributed by atoms with E-state index in [4.69, 9.17) is 5.73 Å². The Morgan fingerprint density at radius 1 is 1.22 bits per heavy atom. The Morgan fingerprint density at radius 3 is 2.39 bits per heavy atom. The Bertz CT molecular complexity index is 573. The standard InChI is InChI=1S/C10H6Br2F3N3/c11-5-1-2-8(6(3-5)10(13,14)15)18-4-7(12)9(16)17-18/h1-4H,(H2,16,17). The third-order valence-electron chi connectivity index (χ3n) is 2.21. The number of halogens is 5. The first kappa shape index (κ1) is 13.4. The SMILES string of the molecule is Nc1nn(-c2ccc(Br)cc2C(F)(F)F)cc1Br. The molecule has 8 heteroatoms. The third-order valence-corrected chi connectivity index (χ3v) is 3.31. The number of anilines is 1. The Morgan fingerprint density at radius 2 is 1.89 bits per heavy atom. The Balaban J connectivity index is 2.64. The summed E-state index contributed by atoms with van der Waals surface area (Å²) in [5.74, 6) is 0.131. The summed E-state index contributed by atoms with van der Waals surface area (Å²) in [6, 6.07) is 3.84. The second-order valence-electron chi connectivity index (χ2n) is 3.47. The molecule has 2 rings (SSSR count). The van der Waals surface area contributed by atoms with E-state index in [1.807, 2.05) is 0 Å². The molecule has 18 heavy (non-hydrogen) atoms. The summed E-state index contributed by atoms with van der Waals surface area (Å²) < 4.78 is 40.6. The van der Waals surface area contributed by atoms with Crippen molar-refractivity contribution < 1.29 is 13.2 Å². The summed E-state index contributed by atoms with van der Waals surface area (Å²) in [6.07, 6.45) is -3.08. The van der Waals surface area contributed by atoms with Crippen LogP contribution in [-0.2, 0) is 6.18 Å². The monoisotopic (exact) mass is 383 g/mol. The zero-order valence-electron chi connectivity index (χ0n) is 8.67. The smallest absolute Gasteiger partial charge is 0.381 e. The van der Waals surface area contributed by atoms with Crippen LogP contribution in [0, 0.1) is 0 Å². The molecule has 0 amide bonds. The van der Waals surface area contributed by atoms with E-state index < -0.39 is 11.7 Å². The summed E-state index contributed by atoms with van der Waals surface area (Å²) in [4.78, 5) is 0. The van der Waals surface area contributed by atoms with E-state index in [0.29, 0.717) is 8.95 Å². The lowest BCUT2D eigenvalue weighted by molar-refractivity contribution is -0.137. The van der Waals surface area contributed by atoms with Crippen LogP contribution < -0.4 is 5.73 Å². The van der Waals surface area contributed by atoms with Crippen molar-refractivity contribution in [3.8, 4) is 5.69 Å². The van der Waals surface area contributed by atoms with Gasteiger partial charge in [0.1, 0.15) is 0 Å². The fourth-order valence-electron chi connectivity index (χ4n) is 1.42. The Hall–Kier alpha value is -1.02. The van der Waals surface area contributed by atoms with Crippen molar-refractivity contribution in [3.63, 3.8) is 0 Å². The maximum atomic E-state index is 12.9. The molecule has 0 bridgehead atoms. The molecular formula is C10H6Br2F3N3. The van der Waals surface area contributed by atoms with Gasteiger partial charge in [-0.1, -0.05) is 15.9 Å². The fraction of sp³-hybridized carbons (Fsp3) is 0.100. The van der Waals surface area contributed by atoms with Crippen molar-refractivity contribution in [3.05, 3.63) is 38.9 Å². The number of aromatic nitrogens is 2. The molecule has 0 spiro atoms. The maximum Gasteiger partial charge on any atom is 0.418 e. The highest BCUT2D eigenvalue weighted by Gasteiger charge is 2.34. The molecular weight excluding hydrogens is 379 g/mol. The van der Waals surface area contributed by atoms with Crippen LogP contribution in [0.15, 0.2) is 33.3 Å². The van der Waals surface area contributed by atoms with Crippen LogP contribution in [0.1, 0.15) is 5.56 Å². The van der Waals surface area contributed by atoms with Crippen LogP contribution in [0.5, 0.6) is 0 Å². The van der Waals surface area contributed by atoms with Gasteiger partial charge >= 0.3 is 6.18 Å². The highest BCUT2D eigenvalue weighted by atomic mass is 79.9. The summed E-state index contributed by atoms with van der Waals surface area (Å²) in [6.45, 7) is 0. The number of nitrogen functional groups attached to an aromatic ring is 1. The average Bonchev–Trinajstić information content (AvgIpc) is 2.57. The third kappa shape index (κ3) is 2.54. The van der Waals surface area contributed by atoms with Gasteiger partial charge in [-0.25, -0.2) is 4.68 Å². The molecule has 96 valence electrons. The van der Waals surface area contributed by atoms with E-state index in [9.17, 15) is 13.2 Å². The van der Waals surface area contributed by atoms with Crippen molar-refractivity contribution in [1.29, 1.82) is 0 Å². The van der Waals surface area contributed by atoms with Crippen molar-refractivity contribution in [1.82, 2.24) is 9.78 Å². The lowest BCUT2D eigenvalue weighted by atomic mass is 10.1. The first-order valence-corrected chi connectivity index (χ1v) is 6.25. The first-order chi connectivity index (χ1) is 8.29. The molecule has 2 N–H and O–H groups in total. The van der Waals surface area contributed by atoms with E-state index >= 15 is 0 Å². The normalized spacial score (nSPS) is 11.8. The first-order valence-electron chi connectivity index (χ1n) is 4.67. The van der Waals surface area contributed by atoms with Crippen LogP contribution in [0.25, 0.3) is 5.69 Å². The molecule has 3 nitrogen and oxygen atoms in total. The van der Waals surface area contributed by atoms with Crippen molar-refractivity contribution in [2.45, 2.75) is 6.18 Å². The predicted molar refractivity (Wildman–Crippen MR) is 68.4 cm³/mol. The number of rotatable bonds is 1. The number of benzene rings is 1. The minimum atomic E-state index is -4.47.